The zero-order valence-corrected chi connectivity index (χ0v) is 11.2. The van der Waals surface area contributed by atoms with E-state index in [0.29, 0.717) is 13.0 Å². The largest absolute Gasteiger partial charge is 0.501 e. The molecule has 2 N–H and O–H groups in total. The van der Waals surface area contributed by atoms with Crippen LogP contribution in [0.1, 0.15) is 27.2 Å². The predicted molar refractivity (Wildman–Crippen MR) is 65.3 cm³/mol. The van der Waals surface area contributed by atoms with E-state index in [4.69, 9.17) is 14.8 Å². The number of hydrogen-bond donors (Lipinski definition) is 1. The van der Waals surface area contributed by atoms with Gasteiger partial charge in [0.25, 0.3) is 7.52 Å². The molecule has 0 aromatic carbocycles. The third kappa shape index (κ3) is 2.57. The Morgan fingerprint density at radius 3 is 2.75 bits per heavy atom. The molecule has 2 unspecified atom stereocenters. The van der Waals surface area contributed by atoms with E-state index in [9.17, 15) is 4.57 Å². The standard InChI is InChI=1S/C11H20NO3P/c1-5-15-16(12,13)11(3)7-9(2)6-10(8-11)14-4/h6-7H,5,8H2,1-4H3,(H2,12,13). The number of hydrogen-bond acceptors (Lipinski definition) is 3. The molecule has 4 nitrogen and oxygen atoms in total. The topological polar surface area (TPSA) is 61.5 Å². The summed E-state index contributed by atoms with van der Waals surface area (Å²) in [7, 11) is -1.56. The lowest BCUT2D eigenvalue weighted by Crippen LogP contribution is -2.30. The number of ether oxygens (including phenoxy) is 1. The molecule has 0 bridgehead atoms. The minimum Gasteiger partial charge on any atom is -0.501 e. The molecule has 5 heteroatoms. The fraction of sp³-hybridized carbons (Fsp3) is 0.636. The van der Waals surface area contributed by atoms with Gasteiger partial charge in [0, 0.05) is 6.42 Å². The van der Waals surface area contributed by atoms with Crippen LogP contribution in [0.5, 0.6) is 0 Å². The van der Waals surface area contributed by atoms with Crippen molar-refractivity contribution in [3.63, 3.8) is 0 Å². The van der Waals surface area contributed by atoms with Gasteiger partial charge >= 0.3 is 0 Å². The first-order valence-electron chi connectivity index (χ1n) is 5.32. The van der Waals surface area contributed by atoms with E-state index in [1.54, 1.807) is 14.0 Å². The van der Waals surface area contributed by atoms with Crippen molar-refractivity contribution in [3.05, 3.63) is 23.5 Å². The molecule has 0 saturated heterocycles. The molecule has 0 heterocycles. The van der Waals surface area contributed by atoms with Gasteiger partial charge in [0.2, 0.25) is 0 Å². The van der Waals surface area contributed by atoms with Crippen molar-refractivity contribution in [2.75, 3.05) is 13.7 Å². The number of methoxy groups -OCH3 is 1. The van der Waals surface area contributed by atoms with Gasteiger partial charge in [-0.05, 0) is 26.8 Å². The first-order valence-corrected chi connectivity index (χ1v) is 7.01. The summed E-state index contributed by atoms with van der Waals surface area (Å²) in [6.45, 7) is 5.92. The maximum absolute atomic E-state index is 12.3. The molecule has 0 aliphatic heterocycles. The molecule has 0 fully saturated rings. The lowest BCUT2D eigenvalue weighted by molar-refractivity contribution is 0.259. The van der Waals surface area contributed by atoms with Crippen LogP contribution in [-0.4, -0.2) is 18.9 Å². The third-order valence-corrected chi connectivity index (χ3v) is 5.11. The Morgan fingerprint density at radius 2 is 2.25 bits per heavy atom. The van der Waals surface area contributed by atoms with Gasteiger partial charge in [0.1, 0.15) is 0 Å². The van der Waals surface area contributed by atoms with Crippen molar-refractivity contribution in [2.24, 2.45) is 5.50 Å². The van der Waals surface area contributed by atoms with Crippen LogP contribution >= 0.6 is 7.52 Å². The highest BCUT2D eigenvalue weighted by Crippen LogP contribution is 2.57. The highest BCUT2D eigenvalue weighted by Gasteiger charge is 2.43. The second-order valence-corrected chi connectivity index (χ2v) is 6.73. The average Bonchev–Trinajstić information content (AvgIpc) is 2.16. The van der Waals surface area contributed by atoms with E-state index in [-0.39, 0.29) is 0 Å². The Balaban J connectivity index is 3.05. The summed E-state index contributed by atoms with van der Waals surface area (Å²) in [6.07, 6.45) is 4.34. The summed E-state index contributed by atoms with van der Waals surface area (Å²) in [5.41, 5.74) is 6.82. The number of rotatable bonds is 4. The fourth-order valence-corrected chi connectivity index (χ4v) is 3.35. The molecule has 2 atom stereocenters. The first kappa shape index (κ1) is 13.5. The minimum atomic E-state index is -3.16. The zero-order chi connectivity index (χ0) is 12.4. The normalized spacial score (nSPS) is 29.1. The summed E-state index contributed by atoms with van der Waals surface area (Å²) in [5.74, 6) is 0.785. The lowest BCUT2D eigenvalue weighted by Gasteiger charge is -2.34. The summed E-state index contributed by atoms with van der Waals surface area (Å²) in [5, 5.41) is -0.673. The van der Waals surface area contributed by atoms with Gasteiger partial charge in [-0.3, -0.25) is 10.1 Å². The van der Waals surface area contributed by atoms with Crippen LogP contribution < -0.4 is 5.50 Å². The van der Waals surface area contributed by atoms with Crippen LogP contribution in [0, 0.1) is 0 Å². The quantitative estimate of drug-likeness (QED) is 0.773. The molecule has 0 radical (unpaired) electrons. The molecular formula is C11H20NO3P. The molecule has 92 valence electrons. The molecule has 0 aromatic heterocycles. The monoisotopic (exact) mass is 245 g/mol. The van der Waals surface area contributed by atoms with E-state index >= 15 is 0 Å². The number of allylic oxidation sites excluding steroid dienone is 4. The van der Waals surface area contributed by atoms with Gasteiger partial charge in [0.05, 0.1) is 24.6 Å². The maximum Gasteiger partial charge on any atom is 0.277 e. The van der Waals surface area contributed by atoms with Gasteiger partial charge in [-0.25, -0.2) is 0 Å². The van der Waals surface area contributed by atoms with Gasteiger partial charge in [0.15, 0.2) is 0 Å². The van der Waals surface area contributed by atoms with Crippen molar-refractivity contribution in [1.82, 2.24) is 0 Å². The van der Waals surface area contributed by atoms with Gasteiger partial charge in [-0.15, -0.1) is 0 Å². The van der Waals surface area contributed by atoms with Crippen LogP contribution in [0.4, 0.5) is 0 Å². The van der Waals surface area contributed by atoms with Crippen molar-refractivity contribution >= 4 is 7.52 Å². The van der Waals surface area contributed by atoms with Crippen LogP contribution in [0.3, 0.4) is 0 Å². The average molecular weight is 245 g/mol. The van der Waals surface area contributed by atoms with Gasteiger partial charge in [-0.1, -0.05) is 11.6 Å². The fourth-order valence-electron chi connectivity index (χ4n) is 1.91. The van der Waals surface area contributed by atoms with Crippen molar-refractivity contribution in [3.8, 4) is 0 Å². The Bertz CT molecular complexity index is 375. The molecule has 0 aromatic rings. The smallest absolute Gasteiger partial charge is 0.277 e. The van der Waals surface area contributed by atoms with Crippen molar-refractivity contribution in [2.45, 2.75) is 32.3 Å². The first-order chi connectivity index (χ1) is 7.34. The molecule has 1 rings (SSSR count). The molecule has 0 spiro atoms. The van der Waals surface area contributed by atoms with Crippen LogP contribution in [-0.2, 0) is 13.8 Å². The van der Waals surface area contributed by atoms with E-state index in [2.05, 4.69) is 0 Å². The van der Waals surface area contributed by atoms with Crippen LogP contribution in [0.2, 0.25) is 0 Å². The second-order valence-electron chi connectivity index (χ2n) is 4.25. The Hall–Kier alpha value is -0.570. The molecule has 1 aliphatic carbocycles. The van der Waals surface area contributed by atoms with Crippen LogP contribution in [0.15, 0.2) is 23.5 Å². The Labute approximate surface area is 97.0 Å². The van der Waals surface area contributed by atoms with E-state index in [0.717, 1.165) is 11.3 Å². The number of nitrogens with two attached hydrogens (primary N) is 1. The summed E-state index contributed by atoms with van der Waals surface area (Å²) in [4.78, 5) is 0. The summed E-state index contributed by atoms with van der Waals surface area (Å²) in [6, 6.07) is 0. The molecular weight excluding hydrogens is 225 g/mol. The summed E-state index contributed by atoms with van der Waals surface area (Å²) >= 11 is 0. The van der Waals surface area contributed by atoms with Crippen LogP contribution in [0.25, 0.3) is 0 Å². The SMILES string of the molecule is CCOP(N)(=O)C1(C)C=C(C)C=C(OC)C1. The Kier molecular flexibility index (Phi) is 4.00. The summed E-state index contributed by atoms with van der Waals surface area (Å²) < 4.78 is 22.8. The minimum absolute atomic E-state index is 0.349. The molecule has 0 saturated carbocycles. The molecule has 0 amide bonds. The van der Waals surface area contributed by atoms with Crippen molar-refractivity contribution in [1.29, 1.82) is 0 Å². The van der Waals surface area contributed by atoms with E-state index < -0.39 is 12.7 Å². The molecule has 16 heavy (non-hydrogen) atoms. The van der Waals surface area contributed by atoms with E-state index in [1.165, 1.54) is 0 Å². The highest BCUT2D eigenvalue weighted by atomic mass is 31.2. The maximum atomic E-state index is 12.3. The molecule has 1 aliphatic rings. The van der Waals surface area contributed by atoms with E-state index in [1.807, 2.05) is 26.0 Å². The second kappa shape index (κ2) is 4.74. The Morgan fingerprint density at radius 1 is 1.62 bits per heavy atom. The lowest BCUT2D eigenvalue weighted by atomic mass is 9.96. The van der Waals surface area contributed by atoms with Gasteiger partial charge in [-0.2, -0.15) is 0 Å². The highest BCUT2D eigenvalue weighted by molar-refractivity contribution is 7.58. The zero-order valence-electron chi connectivity index (χ0n) is 10.3. The van der Waals surface area contributed by atoms with Crippen molar-refractivity contribution < 1.29 is 13.8 Å². The van der Waals surface area contributed by atoms with Gasteiger partial charge < -0.3 is 9.26 Å². The predicted octanol–water partition coefficient (Wildman–Crippen LogP) is 2.81. The third-order valence-electron chi connectivity index (χ3n) is 2.75.